The average Bonchev–Trinajstić information content (AvgIpc) is 2.09. The number of rotatable bonds is 3. The van der Waals surface area contributed by atoms with Gasteiger partial charge in [-0.3, -0.25) is 4.79 Å². The van der Waals surface area contributed by atoms with Crippen LogP contribution in [-0.4, -0.2) is 17.2 Å². The molecule has 0 saturated carbocycles. The highest BCUT2D eigenvalue weighted by molar-refractivity contribution is 6.27. The minimum absolute atomic E-state index is 0.115. The summed E-state index contributed by atoms with van der Waals surface area (Å²) in [7, 11) is 0. The Hall–Kier alpha value is -1.71. The van der Waals surface area contributed by atoms with Crippen LogP contribution in [0, 0.1) is 5.82 Å². The van der Waals surface area contributed by atoms with Crippen molar-refractivity contribution in [3.63, 3.8) is 0 Å². The van der Waals surface area contributed by atoms with Crippen molar-refractivity contribution in [3.8, 4) is 0 Å². The zero-order chi connectivity index (χ0) is 9.68. The Balaban J connectivity index is 2.64. The molecule has 68 valence electrons. The molecular weight excluding hydrogens is 173 g/mol. The fraction of sp³-hybridized carbons (Fsp3) is 0.111. The minimum Gasteiger partial charge on any atom is -0.411 e. The molecule has 0 aliphatic rings. The Labute approximate surface area is 74.5 Å². The van der Waals surface area contributed by atoms with Crippen molar-refractivity contribution in [3.05, 3.63) is 35.6 Å². The van der Waals surface area contributed by atoms with E-state index in [1.165, 1.54) is 24.3 Å². The molecule has 1 rings (SSSR count). The van der Waals surface area contributed by atoms with Gasteiger partial charge in [-0.05, 0) is 17.7 Å². The summed E-state index contributed by atoms with van der Waals surface area (Å²) >= 11 is 0. The molecule has 0 aliphatic heterocycles. The van der Waals surface area contributed by atoms with Gasteiger partial charge in [-0.1, -0.05) is 17.3 Å². The number of ketones is 1. The highest BCUT2D eigenvalue weighted by Gasteiger charge is 2.00. The highest BCUT2D eigenvalue weighted by atomic mass is 19.1. The summed E-state index contributed by atoms with van der Waals surface area (Å²) in [5.74, 6) is -0.666. The van der Waals surface area contributed by atoms with Crippen LogP contribution in [0.3, 0.4) is 0 Å². The second-order valence-electron chi connectivity index (χ2n) is 2.51. The summed E-state index contributed by atoms with van der Waals surface area (Å²) in [6, 6.07) is 5.58. The van der Waals surface area contributed by atoms with E-state index >= 15 is 0 Å². The van der Waals surface area contributed by atoms with E-state index in [0.717, 1.165) is 6.21 Å². The van der Waals surface area contributed by atoms with Gasteiger partial charge in [0.15, 0.2) is 5.78 Å². The maximum atomic E-state index is 12.4. The van der Waals surface area contributed by atoms with Crippen molar-refractivity contribution in [2.45, 2.75) is 6.42 Å². The molecule has 0 atom stereocenters. The molecular formula is C9H8FNO2. The van der Waals surface area contributed by atoms with E-state index in [1.54, 1.807) is 0 Å². The van der Waals surface area contributed by atoms with Crippen LogP contribution in [-0.2, 0) is 11.2 Å². The molecule has 0 saturated heterocycles. The molecule has 4 heteroatoms. The molecule has 3 nitrogen and oxygen atoms in total. The van der Waals surface area contributed by atoms with E-state index < -0.39 is 0 Å². The molecule has 0 aromatic heterocycles. The summed E-state index contributed by atoms with van der Waals surface area (Å²) in [6.45, 7) is 0. The predicted octanol–water partition coefficient (Wildman–Crippen LogP) is 1.40. The van der Waals surface area contributed by atoms with E-state index in [0.29, 0.717) is 5.56 Å². The van der Waals surface area contributed by atoms with E-state index in [-0.39, 0.29) is 18.0 Å². The van der Waals surface area contributed by atoms with Crippen LogP contribution in [0.2, 0.25) is 0 Å². The number of carbonyl (C=O) groups is 1. The number of nitrogens with zero attached hydrogens (tertiary/aromatic N) is 1. The lowest BCUT2D eigenvalue weighted by Crippen LogP contribution is -2.03. The number of halogens is 1. The van der Waals surface area contributed by atoms with Gasteiger partial charge in [0.05, 0.1) is 0 Å². The molecule has 0 heterocycles. The lowest BCUT2D eigenvalue weighted by molar-refractivity contribution is -0.112. The molecule has 0 aliphatic carbocycles. The van der Waals surface area contributed by atoms with Gasteiger partial charge in [0, 0.05) is 6.42 Å². The maximum Gasteiger partial charge on any atom is 0.181 e. The van der Waals surface area contributed by atoms with Gasteiger partial charge in [0.25, 0.3) is 0 Å². The molecule has 13 heavy (non-hydrogen) atoms. The minimum atomic E-state index is -0.341. The third-order valence-corrected chi connectivity index (χ3v) is 1.49. The molecule has 1 N–H and O–H groups in total. The van der Waals surface area contributed by atoms with Crippen molar-refractivity contribution in [2.24, 2.45) is 5.16 Å². The first-order valence-electron chi connectivity index (χ1n) is 3.67. The fourth-order valence-electron chi connectivity index (χ4n) is 0.913. The zero-order valence-corrected chi connectivity index (χ0v) is 6.77. The number of hydrogen-bond acceptors (Lipinski definition) is 3. The molecule has 0 fully saturated rings. The number of oxime groups is 1. The van der Waals surface area contributed by atoms with E-state index in [1.807, 2.05) is 0 Å². The quantitative estimate of drug-likeness (QED) is 0.435. The predicted molar refractivity (Wildman–Crippen MR) is 45.4 cm³/mol. The van der Waals surface area contributed by atoms with Gasteiger partial charge in [-0.25, -0.2) is 4.39 Å². The second-order valence-corrected chi connectivity index (χ2v) is 2.51. The summed E-state index contributed by atoms with van der Waals surface area (Å²) in [5, 5.41) is 10.6. The van der Waals surface area contributed by atoms with Crippen molar-refractivity contribution >= 4 is 12.0 Å². The SMILES string of the molecule is O=C(C=NO)Cc1ccc(F)cc1. The number of carbonyl (C=O) groups excluding carboxylic acids is 1. The smallest absolute Gasteiger partial charge is 0.181 e. The topological polar surface area (TPSA) is 49.7 Å². The first-order chi connectivity index (χ1) is 6.22. The summed E-state index contributed by atoms with van der Waals surface area (Å²) in [6.07, 6.45) is 0.938. The summed E-state index contributed by atoms with van der Waals surface area (Å²) in [5.41, 5.74) is 0.686. The standard InChI is InChI=1S/C9H8FNO2/c10-8-3-1-7(2-4-8)5-9(12)6-11-13/h1-4,6,13H,5H2. The van der Waals surface area contributed by atoms with Gasteiger partial charge in [0.1, 0.15) is 12.0 Å². The Kier molecular flexibility index (Phi) is 3.14. The van der Waals surface area contributed by atoms with E-state index in [9.17, 15) is 9.18 Å². The monoisotopic (exact) mass is 181 g/mol. The third kappa shape index (κ3) is 3.02. The van der Waals surface area contributed by atoms with Crippen LogP contribution < -0.4 is 0 Å². The Morgan fingerprint density at radius 1 is 1.46 bits per heavy atom. The van der Waals surface area contributed by atoms with Crippen LogP contribution in [0.5, 0.6) is 0 Å². The third-order valence-electron chi connectivity index (χ3n) is 1.49. The average molecular weight is 181 g/mol. The lowest BCUT2D eigenvalue weighted by Gasteiger charge is -1.95. The van der Waals surface area contributed by atoms with Crippen LogP contribution >= 0.6 is 0 Å². The van der Waals surface area contributed by atoms with Crippen molar-refractivity contribution in [2.75, 3.05) is 0 Å². The molecule has 0 bridgehead atoms. The molecule has 0 unspecified atom stereocenters. The first kappa shape index (κ1) is 9.38. The molecule has 0 amide bonds. The fourth-order valence-corrected chi connectivity index (χ4v) is 0.913. The van der Waals surface area contributed by atoms with Crippen LogP contribution in [0.15, 0.2) is 29.4 Å². The number of hydrogen-bond donors (Lipinski definition) is 1. The molecule has 1 aromatic carbocycles. The van der Waals surface area contributed by atoms with Crippen LogP contribution in [0.1, 0.15) is 5.56 Å². The van der Waals surface area contributed by atoms with Gasteiger partial charge in [0.2, 0.25) is 0 Å². The maximum absolute atomic E-state index is 12.4. The molecule has 0 radical (unpaired) electrons. The largest absolute Gasteiger partial charge is 0.411 e. The van der Waals surface area contributed by atoms with Crippen molar-refractivity contribution < 1.29 is 14.4 Å². The van der Waals surface area contributed by atoms with Crippen molar-refractivity contribution in [1.82, 2.24) is 0 Å². The first-order valence-corrected chi connectivity index (χ1v) is 3.67. The van der Waals surface area contributed by atoms with Gasteiger partial charge >= 0.3 is 0 Å². The number of Topliss-reactive ketones (excluding diaryl/α,β-unsaturated/α-hetero) is 1. The van der Waals surface area contributed by atoms with E-state index in [4.69, 9.17) is 5.21 Å². The van der Waals surface area contributed by atoms with Crippen LogP contribution in [0.4, 0.5) is 4.39 Å². The Bertz CT molecular complexity index is 319. The van der Waals surface area contributed by atoms with Crippen molar-refractivity contribution in [1.29, 1.82) is 0 Å². The van der Waals surface area contributed by atoms with Gasteiger partial charge in [-0.15, -0.1) is 0 Å². The second kappa shape index (κ2) is 4.35. The Morgan fingerprint density at radius 2 is 2.08 bits per heavy atom. The van der Waals surface area contributed by atoms with Crippen LogP contribution in [0.25, 0.3) is 0 Å². The van der Waals surface area contributed by atoms with E-state index in [2.05, 4.69) is 5.16 Å². The molecule has 1 aromatic rings. The summed E-state index contributed by atoms with van der Waals surface area (Å²) < 4.78 is 12.4. The highest BCUT2D eigenvalue weighted by Crippen LogP contribution is 2.03. The lowest BCUT2D eigenvalue weighted by atomic mass is 10.1. The van der Waals surface area contributed by atoms with Gasteiger partial charge < -0.3 is 5.21 Å². The van der Waals surface area contributed by atoms with Gasteiger partial charge in [-0.2, -0.15) is 0 Å². The molecule has 0 spiro atoms. The Morgan fingerprint density at radius 3 is 2.62 bits per heavy atom. The summed E-state index contributed by atoms with van der Waals surface area (Å²) in [4.78, 5) is 10.9. The number of benzene rings is 1. The zero-order valence-electron chi connectivity index (χ0n) is 6.77. The normalized spacial score (nSPS) is 10.5.